The first-order valence-electron chi connectivity index (χ1n) is 6.64. The van der Waals surface area contributed by atoms with Gasteiger partial charge in [-0.3, -0.25) is 0 Å². The Bertz CT molecular complexity index is 581. The summed E-state index contributed by atoms with van der Waals surface area (Å²) in [5, 5.41) is 10.3. The molecule has 0 aromatic heterocycles. The van der Waals surface area contributed by atoms with Gasteiger partial charge < -0.3 is 9.84 Å². The molecule has 2 nitrogen and oxygen atoms in total. The first kappa shape index (κ1) is 15.1. The van der Waals surface area contributed by atoms with Gasteiger partial charge in [0.1, 0.15) is 5.75 Å². The minimum absolute atomic E-state index is 0.417. The van der Waals surface area contributed by atoms with Gasteiger partial charge in [0.25, 0.3) is 0 Å². The molecule has 2 aromatic carbocycles. The third-order valence-electron chi connectivity index (χ3n) is 3.25. The van der Waals surface area contributed by atoms with Gasteiger partial charge >= 0.3 is 0 Å². The molecule has 2 aromatic rings. The van der Waals surface area contributed by atoms with Crippen LogP contribution in [0.1, 0.15) is 16.7 Å². The van der Waals surface area contributed by atoms with Crippen LogP contribution < -0.4 is 4.74 Å². The zero-order valence-electron chi connectivity index (χ0n) is 11.8. The molecule has 0 aliphatic heterocycles. The number of halogens is 1. The molecule has 0 bridgehead atoms. The minimum atomic E-state index is -0.417. The van der Waals surface area contributed by atoms with Gasteiger partial charge in [-0.05, 0) is 42.7 Å². The molecule has 1 N–H and O–H groups in total. The molecule has 3 heteroatoms. The maximum absolute atomic E-state index is 10.3. The Labute approximate surface area is 128 Å². The summed E-state index contributed by atoms with van der Waals surface area (Å²) in [6.07, 6.45) is 0.813. The van der Waals surface area contributed by atoms with Gasteiger partial charge in [0.15, 0.2) is 0 Å². The molecule has 1 unspecified atom stereocenters. The predicted molar refractivity (Wildman–Crippen MR) is 85.3 cm³/mol. The normalized spacial score (nSPS) is 12.2. The number of hydrogen-bond donors (Lipinski definition) is 1. The fourth-order valence-electron chi connectivity index (χ4n) is 2.33. The van der Waals surface area contributed by atoms with Gasteiger partial charge in [-0.1, -0.05) is 45.8 Å². The summed E-state index contributed by atoms with van der Waals surface area (Å²) < 4.78 is 6.39. The van der Waals surface area contributed by atoms with E-state index < -0.39 is 6.10 Å². The second-order valence-electron chi connectivity index (χ2n) is 5.01. The lowest BCUT2D eigenvalue weighted by molar-refractivity contribution is 0.174. The van der Waals surface area contributed by atoms with Gasteiger partial charge in [-0.15, -0.1) is 0 Å². The number of rotatable bonds is 5. The minimum Gasteiger partial charge on any atom is -0.496 e. The van der Waals surface area contributed by atoms with E-state index in [1.54, 1.807) is 7.11 Å². The molecule has 0 amide bonds. The van der Waals surface area contributed by atoms with E-state index in [-0.39, 0.29) is 0 Å². The summed E-state index contributed by atoms with van der Waals surface area (Å²) >= 11 is 3.45. The lowest BCUT2D eigenvalue weighted by atomic mass is 9.99. The summed E-state index contributed by atoms with van der Waals surface area (Å²) in [6.45, 7) is 2.05. The predicted octanol–water partition coefficient (Wildman–Crippen LogP) is 3.91. The molecule has 0 radical (unpaired) electrons. The molecule has 0 heterocycles. The van der Waals surface area contributed by atoms with Crippen LogP contribution in [0.5, 0.6) is 5.75 Å². The second kappa shape index (κ2) is 6.91. The van der Waals surface area contributed by atoms with Crippen molar-refractivity contribution in [3.05, 3.63) is 63.6 Å². The van der Waals surface area contributed by atoms with Crippen LogP contribution in [0.2, 0.25) is 0 Å². The van der Waals surface area contributed by atoms with Crippen LogP contribution in [0.3, 0.4) is 0 Å². The molecule has 106 valence electrons. The number of benzene rings is 2. The lowest BCUT2D eigenvalue weighted by Crippen LogP contribution is -2.14. The first-order valence-corrected chi connectivity index (χ1v) is 7.44. The third kappa shape index (κ3) is 4.09. The van der Waals surface area contributed by atoms with Crippen LogP contribution in [0.25, 0.3) is 0 Å². The van der Waals surface area contributed by atoms with E-state index in [4.69, 9.17) is 4.74 Å². The van der Waals surface area contributed by atoms with Crippen molar-refractivity contribution in [1.82, 2.24) is 0 Å². The highest BCUT2D eigenvalue weighted by atomic mass is 79.9. The van der Waals surface area contributed by atoms with Crippen molar-refractivity contribution >= 4 is 15.9 Å². The van der Waals surface area contributed by atoms with E-state index >= 15 is 0 Å². The summed E-state index contributed by atoms with van der Waals surface area (Å²) in [5.41, 5.74) is 3.35. The summed E-state index contributed by atoms with van der Waals surface area (Å²) in [7, 11) is 1.66. The van der Waals surface area contributed by atoms with Crippen LogP contribution in [-0.4, -0.2) is 18.3 Å². The van der Waals surface area contributed by atoms with Crippen LogP contribution in [0.4, 0.5) is 0 Å². The van der Waals surface area contributed by atoms with Crippen molar-refractivity contribution in [2.75, 3.05) is 7.11 Å². The zero-order chi connectivity index (χ0) is 14.5. The van der Waals surface area contributed by atoms with Gasteiger partial charge in [0.05, 0.1) is 13.2 Å². The fourth-order valence-corrected chi connectivity index (χ4v) is 2.78. The highest BCUT2D eigenvalue weighted by Crippen LogP contribution is 2.22. The molecule has 1 atom stereocenters. The van der Waals surface area contributed by atoms with E-state index in [2.05, 4.69) is 22.0 Å². The molecule has 0 saturated heterocycles. The van der Waals surface area contributed by atoms with Crippen LogP contribution in [-0.2, 0) is 12.8 Å². The number of aliphatic hydroxyl groups is 1. The molecule has 0 fully saturated rings. The topological polar surface area (TPSA) is 29.5 Å². The van der Waals surface area contributed by atoms with Crippen LogP contribution >= 0.6 is 15.9 Å². The molecule has 0 spiro atoms. The quantitative estimate of drug-likeness (QED) is 0.898. The average Bonchev–Trinajstić information content (AvgIpc) is 2.38. The first-order chi connectivity index (χ1) is 9.58. The van der Waals surface area contributed by atoms with Crippen molar-refractivity contribution in [2.45, 2.75) is 25.9 Å². The fraction of sp³-hybridized carbons (Fsp3) is 0.294. The Morgan fingerprint density at radius 3 is 2.65 bits per heavy atom. The average molecular weight is 335 g/mol. The molecule has 2 rings (SSSR count). The lowest BCUT2D eigenvalue weighted by Gasteiger charge is -2.14. The molecular weight excluding hydrogens is 316 g/mol. The zero-order valence-corrected chi connectivity index (χ0v) is 13.4. The van der Waals surface area contributed by atoms with Crippen LogP contribution in [0.15, 0.2) is 46.9 Å². The van der Waals surface area contributed by atoms with Gasteiger partial charge in [-0.2, -0.15) is 0 Å². The maximum Gasteiger partial charge on any atom is 0.122 e. The van der Waals surface area contributed by atoms with Crippen molar-refractivity contribution in [3.63, 3.8) is 0 Å². The van der Waals surface area contributed by atoms with Crippen molar-refractivity contribution in [1.29, 1.82) is 0 Å². The van der Waals surface area contributed by atoms with Crippen LogP contribution in [0, 0.1) is 6.92 Å². The van der Waals surface area contributed by atoms with E-state index in [0.717, 1.165) is 21.3 Å². The highest BCUT2D eigenvalue weighted by Gasteiger charge is 2.11. The van der Waals surface area contributed by atoms with Gasteiger partial charge in [0.2, 0.25) is 0 Å². The molecule has 0 aliphatic rings. The number of ether oxygens (including phenoxy) is 1. The van der Waals surface area contributed by atoms with Crippen molar-refractivity contribution < 1.29 is 9.84 Å². The van der Waals surface area contributed by atoms with Gasteiger partial charge in [0, 0.05) is 10.9 Å². The molecular formula is C17H19BrO2. The van der Waals surface area contributed by atoms with E-state index in [1.807, 2.05) is 43.3 Å². The Morgan fingerprint density at radius 2 is 1.95 bits per heavy atom. The summed E-state index contributed by atoms with van der Waals surface area (Å²) in [4.78, 5) is 0. The van der Waals surface area contributed by atoms with E-state index in [1.165, 1.54) is 5.56 Å². The highest BCUT2D eigenvalue weighted by molar-refractivity contribution is 9.10. The smallest absolute Gasteiger partial charge is 0.122 e. The molecule has 0 saturated carbocycles. The number of hydrogen-bond acceptors (Lipinski definition) is 2. The molecule has 0 aliphatic carbocycles. The Kier molecular flexibility index (Phi) is 5.21. The van der Waals surface area contributed by atoms with Crippen molar-refractivity contribution in [3.8, 4) is 5.75 Å². The largest absolute Gasteiger partial charge is 0.496 e. The second-order valence-corrected chi connectivity index (χ2v) is 5.92. The Morgan fingerprint density at radius 1 is 1.15 bits per heavy atom. The molecule has 20 heavy (non-hydrogen) atoms. The SMILES string of the molecule is COc1ccc(C)cc1CC(O)Cc1cccc(Br)c1. The Hall–Kier alpha value is -1.32. The number of methoxy groups -OCH3 is 1. The summed E-state index contributed by atoms with van der Waals surface area (Å²) in [5.74, 6) is 0.837. The monoisotopic (exact) mass is 334 g/mol. The van der Waals surface area contributed by atoms with Gasteiger partial charge in [-0.25, -0.2) is 0 Å². The maximum atomic E-state index is 10.3. The Balaban J connectivity index is 2.08. The number of aryl methyl sites for hydroxylation is 1. The third-order valence-corrected chi connectivity index (χ3v) is 3.75. The number of aliphatic hydroxyl groups excluding tert-OH is 1. The standard InChI is InChI=1S/C17H19BrO2/c1-12-6-7-17(20-2)14(8-12)11-16(19)10-13-4-3-5-15(18)9-13/h3-9,16,19H,10-11H2,1-2H3. The van der Waals surface area contributed by atoms with E-state index in [0.29, 0.717) is 12.8 Å². The summed E-state index contributed by atoms with van der Waals surface area (Å²) in [6, 6.07) is 14.1. The van der Waals surface area contributed by atoms with Crippen molar-refractivity contribution in [2.24, 2.45) is 0 Å². The van der Waals surface area contributed by atoms with E-state index in [9.17, 15) is 5.11 Å².